The van der Waals surface area contributed by atoms with E-state index in [1.54, 1.807) is 0 Å². The summed E-state index contributed by atoms with van der Waals surface area (Å²) in [4.78, 5) is 1.26. The van der Waals surface area contributed by atoms with Crippen LogP contribution in [-0.2, 0) is 0 Å². The van der Waals surface area contributed by atoms with Gasteiger partial charge in [-0.15, -0.1) is 0 Å². The van der Waals surface area contributed by atoms with Crippen molar-refractivity contribution in [3.05, 3.63) is 0 Å². The number of hydrogen-bond donors (Lipinski definition) is 3. The van der Waals surface area contributed by atoms with Crippen LogP contribution in [0, 0.1) is 0 Å². The van der Waals surface area contributed by atoms with Gasteiger partial charge >= 0.3 is 0 Å². The first-order valence-corrected chi connectivity index (χ1v) is 2.93. The average Bonchev–Trinajstić information content (AvgIpc) is 1.65. The van der Waals surface area contributed by atoms with Gasteiger partial charge in [-0.3, -0.25) is 0 Å². The van der Waals surface area contributed by atoms with Crippen molar-refractivity contribution in [2.75, 3.05) is 27.2 Å². The molecule has 0 aromatic carbocycles. The van der Waals surface area contributed by atoms with Gasteiger partial charge in [-0.05, 0) is 0 Å². The Balaban J connectivity index is 3.10. The van der Waals surface area contributed by atoms with E-state index in [-0.39, 0.29) is 6.10 Å². The molecule has 0 spiro atoms. The third-order valence-corrected chi connectivity index (χ3v) is 0.977. The number of aliphatic hydroxyl groups is 1. The first kappa shape index (κ1) is 7.88. The summed E-state index contributed by atoms with van der Waals surface area (Å²) in [5.41, 5.74) is 3.58. The molecule has 0 aliphatic rings. The molecule has 0 rings (SSSR count). The predicted octanol–water partition coefficient (Wildman–Crippen LogP) is -3.27. The average molecular weight is 120 g/mol. The number of likely N-dealkylation sites (N-methyl/N-ethyl adjacent to an activating group) is 1. The molecule has 0 saturated carbocycles. The zero-order chi connectivity index (χ0) is 6.57. The highest BCUT2D eigenvalue weighted by Crippen LogP contribution is 1.64. The van der Waals surface area contributed by atoms with Crippen LogP contribution >= 0.6 is 0 Å². The summed E-state index contributed by atoms with van der Waals surface area (Å²) in [5.74, 6) is 0. The summed E-state index contributed by atoms with van der Waals surface area (Å²) >= 11 is 0. The van der Waals surface area contributed by atoms with Gasteiger partial charge in [-0.25, -0.2) is 0 Å². The first-order valence-electron chi connectivity index (χ1n) is 2.93. The van der Waals surface area contributed by atoms with Crippen molar-refractivity contribution in [3.63, 3.8) is 0 Å². The maximum absolute atomic E-state index is 8.94. The van der Waals surface area contributed by atoms with Crippen molar-refractivity contribution in [3.8, 4) is 0 Å². The Morgan fingerprint density at radius 1 is 1.62 bits per heavy atom. The maximum Gasteiger partial charge on any atom is 0.151 e. The fourth-order valence-electron chi connectivity index (χ4n) is 0.573. The molecule has 1 atom stereocenters. The fourth-order valence-corrected chi connectivity index (χ4v) is 0.573. The number of rotatable bonds is 3. The maximum atomic E-state index is 8.94. The molecule has 0 saturated heterocycles. The Morgan fingerprint density at radius 2 is 2.12 bits per heavy atom. The van der Waals surface area contributed by atoms with Crippen LogP contribution in [0.25, 0.3) is 0 Å². The molecule has 0 aliphatic heterocycles. The number of quaternary nitrogens is 2. The van der Waals surface area contributed by atoms with Crippen molar-refractivity contribution >= 4 is 0 Å². The SMILES string of the molecule is C[NH+](C)C[C@H](O)C[NH3+]. The van der Waals surface area contributed by atoms with E-state index in [1.165, 1.54) is 4.90 Å². The summed E-state index contributed by atoms with van der Waals surface area (Å²) in [7, 11) is 4.03. The number of hydrogen-bond acceptors (Lipinski definition) is 1. The summed E-state index contributed by atoms with van der Waals surface area (Å²) in [6.45, 7) is 1.41. The third kappa shape index (κ3) is 4.05. The minimum absolute atomic E-state index is 0.222. The van der Waals surface area contributed by atoms with Crippen LogP contribution < -0.4 is 10.6 Å². The lowest BCUT2D eigenvalue weighted by Gasteiger charge is -2.08. The fraction of sp³-hybridized carbons (Fsp3) is 1.00. The summed E-state index contributed by atoms with van der Waals surface area (Å²) in [6.07, 6.45) is -0.222. The Hall–Kier alpha value is -0.120. The van der Waals surface area contributed by atoms with E-state index in [9.17, 15) is 0 Å². The molecule has 0 aromatic heterocycles. The van der Waals surface area contributed by atoms with Crippen LogP contribution in [0.15, 0.2) is 0 Å². The van der Waals surface area contributed by atoms with Gasteiger partial charge in [0.1, 0.15) is 13.1 Å². The van der Waals surface area contributed by atoms with Crippen LogP contribution in [0.2, 0.25) is 0 Å². The van der Waals surface area contributed by atoms with E-state index in [2.05, 4.69) is 5.73 Å². The van der Waals surface area contributed by atoms with Gasteiger partial charge in [0.25, 0.3) is 0 Å². The Morgan fingerprint density at radius 3 is 2.25 bits per heavy atom. The zero-order valence-corrected chi connectivity index (χ0v) is 5.65. The normalized spacial score (nSPS) is 14.6. The third-order valence-electron chi connectivity index (χ3n) is 0.977. The second kappa shape index (κ2) is 3.83. The number of aliphatic hydroxyl groups excluding tert-OH is 1. The molecular formula is C5H16N2O+2. The summed E-state index contributed by atoms with van der Waals surface area (Å²) < 4.78 is 0. The number of nitrogens with one attached hydrogen (secondary N) is 1. The minimum Gasteiger partial charge on any atom is -0.382 e. The van der Waals surface area contributed by atoms with E-state index < -0.39 is 0 Å². The lowest BCUT2D eigenvalue weighted by molar-refractivity contribution is -0.862. The van der Waals surface area contributed by atoms with Gasteiger partial charge < -0.3 is 15.7 Å². The molecule has 8 heavy (non-hydrogen) atoms. The van der Waals surface area contributed by atoms with Gasteiger partial charge in [0, 0.05) is 0 Å². The van der Waals surface area contributed by atoms with Crippen LogP contribution in [0.4, 0.5) is 0 Å². The Labute approximate surface area is 50.1 Å². The highest BCUT2D eigenvalue weighted by Gasteiger charge is 2.05. The first-order chi connectivity index (χ1) is 3.66. The highest BCUT2D eigenvalue weighted by molar-refractivity contribution is 4.43. The van der Waals surface area contributed by atoms with Gasteiger partial charge in [0.15, 0.2) is 6.10 Å². The standard InChI is InChI=1S/C5H14N2O/c1-7(2)4-5(8)3-6/h5,8H,3-4,6H2,1-2H3/p+2/t5-/m1/s1. The molecule has 0 unspecified atom stereocenters. The van der Waals surface area contributed by atoms with E-state index >= 15 is 0 Å². The van der Waals surface area contributed by atoms with Gasteiger partial charge in [0.2, 0.25) is 0 Å². The molecular weight excluding hydrogens is 104 g/mol. The summed E-state index contributed by atoms with van der Waals surface area (Å²) in [6, 6.07) is 0. The largest absolute Gasteiger partial charge is 0.382 e. The molecule has 3 heteroatoms. The van der Waals surface area contributed by atoms with Crippen molar-refractivity contribution < 1.29 is 15.7 Å². The lowest BCUT2D eigenvalue weighted by Crippen LogP contribution is -3.07. The van der Waals surface area contributed by atoms with Crippen LogP contribution in [0.3, 0.4) is 0 Å². The van der Waals surface area contributed by atoms with Crippen LogP contribution in [0.5, 0.6) is 0 Å². The smallest absolute Gasteiger partial charge is 0.151 e. The molecule has 0 amide bonds. The van der Waals surface area contributed by atoms with E-state index in [0.29, 0.717) is 6.54 Å². The lowest BCUT2D eigenvalue weighted by atomic mass is 10.3. The quantitative estimate of drug-likeness (QED) is 0.360. The molecule has 0 aliphatic carbocycles. The highest BCUT2D eigenvalue weighted by atomic mass is 16.3. The second-order valence-corrected chi connectivity index (χ2v) is 2.35. The molecule has 0 bridgehead atoms. The van der Waals surface area contributed by atoms with E-state index in [1.807, 2.05) is 14.1 Å². The molecule has 0 aromatic rings. The molecule has 0 radical (unpaired) electrons. The van der Waals surface area contributed by atoms with Crippen molar-refractivity contribution in [2.24, 2.45) is 0 Å². The summed E-state index contributed by atoms with van der Waals surface area (Å²) in [5, 5.41) is 8.94. The van der Waals surface area contributed by atoms with Crippen LogP contribution in [0.1, 0.15) is 0 Å². The molecule has 0 fully saturated rings. The van der Waals surface area contributed by atoms with E-state index in [4.69, 9.17) is 5.11 Å². The molecule has 0 heterocycles. The van der Waals surface area contributed by atoms with Crippen molar-refractivity contribution in [1.82, 2.24) is 0 Å². The van der Waals surface area contributed by atoms with Gasteiger partial charge in [-0.2, -0.15) is 0 Å². The zero-order valence-electron chi connectivity index (χ0n) is 5.65. The van der Waals surface area contributed by atoms with Crippen molar-refractivity contribution in [1.29, 1.82) is 0 Å². The van der Waals surface area contributed by atoms with Crippen molar-refractivity contribution in [2.45, 2.75) is 6.10 Å². The second-order valence-electron chi connectivity index (χ2n) is 2.35. The van der Waals surface area contributed by atoms with E-state index in [0.717, 1.165) is 6.54 Å². The topological polar surface area (TPSA) is 52.3 Å². The Bertz CT molecular complexity index is 56.4. The predicted molar refractivity (Wildman–Crippen MR) is 31.4 cm³/mol. The van der Waals surface area contributed by atoms with Crippen LogP contribution in [-0.4, -0.2) is 38.4 Å². The molecule has 3 nitrogen and oxygen atoms in total. The van der Waals surface area contributed by atoms with Gasteiger partial charge in [0.05, 0.1) is 14.1 Å². The molecule has 5 N–H and O–H groups in total. The van der Waals surface area contributed by atoms with Gasteiger partial charge in [-0.1, -0.05) is 0 Å². The minimum atomic E-state index is -0.222. The monoisotopic (exact) mass is 120 g/mol. The molecule has 50 valence electrons. The Kier molecular flexibility index (Phi) is 3.77.